The van der Waals surface area contributed by atoms with E-state index >= 15 is 0 Å². The van der Waals surface area contributed by atoms with Crippen LogP contribution in [0.2, 0.25) is 0 Å². The Morgan fingerprint density at radius 3 is 2.78 bits per heavy atom. The Bertz CT molecular complexity index is 410. The van der Waals surface area contributed by atoms with Crippen LogP contribution in [-0.4, -0.2) is 29.6 Å². The Morgan fingerprint density at radius 1 is 1.50 bits per heavy atom. The summed E-state index contributed by atoms with van der Waals surface area (Å²) in [6.45, 7) is 1.07. The zero-order valence-electron chi connectivity index (χ0n) is 10.7. The Morgan fingerprint density at radius 2 is 2.22 bits per heavy atom. The van der Waals surface area contributed by atoms with Gasteiger partial charge in [0.15, 0.2) is 5.84 Å². The minimum absolute atomic E-state index is 0.0417. The van der Waals surface area contributed by atoms with E-state index in [0.29, 0.717) is 5.69 Å². The zero-order valence-corrected chi connectivity index (χ0v) is 10.7. The Kier molecular flexibility index (Phi) is 4.02. The molecule has 1 heterocycles. The van der Waals surface area contributed by atoms with Crippen molar-refractivity contribution in [2.45, 2.75) is 25.7 Å². The Balaban J connectivity index is 1.99. The summed E-state index contributed by atoms with van der Waals surface area (Å²) in [5.41, 5.74) is 7.04. The van der Waals surface area contributed by atoms with Gasteiger partial charge < -0.3 is 15.8 Å². The smallest absolute Gasteiger partial charge is 0.188 e. The average molecular weight is 248 g/mol. The van der Waals surface area contributed by atoms with E-state index in [4.69, 9.17) is 10.9 Å². The number of anilines is 1. The Hall–Kier alpha value is -1.78. The number of nitrogens with two attached hydrogens (primary N) is 1. The third kappa shape index (κ3) is 2.91. The number of amidine groups is 1. The van der Waals surface area contributed by atoms with Crippen molar-refractivity contribution in [3.05, 3.63) is 24.0 Å². The minimum Gasteiger partial charge on any atom is -0.409 e. The number of pyridine rings is 1. The fraction of sp³-hybridized carbons (Fsp3) is 0.538. The highest BCUT2D eigenvalue weighted by atomic mass is 16.4. The van der Waals surface area contributed by atoms with Gasteiger partial charge in [-0.25, -0.2) is 0 Å². The number of hydrogen-bond acceptors (Lipinski definition) is 4. The molecule has 0 amide bonds. The molecule has 5 heteroatoms. The van der Waals surface area contributed by atoms with E-state index in [-0.39, 0.29) is 5.84 Å². The summed E-state index contributed by atoms with van der Waals surface area (Å²) in [6.07, 6.45) is 7.15. The molecule has 0 aromatic carbocycles. The van der Waals surface area contributed by atoms with E-state index in [1.807, 2.05) is 6.07 Å². The van der Waals surface area contributed by atoms with Crippen molar-refractivity contribution in [1.82, 2.24) is 4.98 Å². The predicted octanol–water partition coefficient (Wildman–Crippen LogP) is 1.80. The van der Waals surface area contributed by atoms with Crippen molar-refractivity contribution in [3.63, 3.8) is 0 Å². The number of aromatic nitrogens is 1. The molecule has 0 unspecified atom stereocenters. The van der Waals surface area contributed by atoms with Crippen LogP contribution in [0.1, 0.15) is 31.4 Å². The molecule has 5 nitrogen and oxygen atoms in total. The first-order valence-electron chi connectivity index (χ1n) is 6.36. The van der Waals surface area contributed by atoms with Crippen LogP contribution in [0.15, 0.2) is 23.5 Å². The van der Waals surface area contributed by atoms with Crippen molar-refractivity contribution in [3.8, 4) is 0 Å². The van der Waals surface area contributed by atoms with Gasteiger partial charge in [0.2, 0.25) is 0 Å². The van der Waals surface area contributed by atoms with Gasteiger partial charge in [0.25, 0.3) is 0 Å². The molecule has 0 saturated heterocycles. The van der Waals surface area contributed by atoms with Crippen LogP contribution in [0.4, 0.5) is 5.69 Å². The highest BCUT2D eigenvalue weighted by molar-refractivity contribution is 5.95. The predicted molar refractivity (Wildman–Crippen MR) is 72.0 cm³/mol. The topological polar surface area (TPSA) is 74.7 Å². The van der Waals surface area contributed by atoms with Crippen LogP contribution in [-0.2, 0) is 0 Å². The lowest BCUT2D eigenvalue weighted by Crippen LogP contribution is -2.24. The SMILES string of the molecule is CN(CC1CCCC1)c1ccc(/C(N)=N/O)nc1. The summed E-state index contributed by atoms with van der Waals surface area (Å²) >= 11 is 0. The number of oxime groups is 1. The highest BCUT2D eigenvalue weighted by Crippen LogP contribution is 2.26. The normalized spacial score (nSPS) is 17.1. The van der Waals surface area contributed by atoms with Crippen molar-refractivity contribution in [2.24, 2.45) is 16.8 Å². The van der Waals surface area contributed by atoms with Crippen LogP contribution in [0.25, 0.3) is 0 Å². The second kappa shape index (κ2) is 5.71. The lowest BCUT2D eigenvalue weighted by atomic mass is 10.1. The van der Waals surface area contributed by atoms with Gasteiger partial charge in [-0.2, -0.15) is 0 Å². The summed E-state index contributed by atoms with van der Waals surface area (Å²) in [5, 5.41) is 11.5. The summed E-state index contributed by atoms with van der Waals surface area (Å²) in [5.74, 6) is 0.846. The molecule has 1 aliphatic carbocycles. The van der Waals surface area contributed by atoms with Gasteiger partial charge in [-0.3, -0.25) is 4.98 Å². The van der Waals surface area contributed by atoms with Gasteiger partial charge in [0.1, 0.15) is 5.69 Å². The molecule has 1 aromatic rings. The molecular formula is C13H20N4O. The summed E-state index contributed by atoms with van der Waals surface area (Å²) in [7, 11) is 2.08. The largest absolute Gasteiger partial charge is 0.409 e. The maximum absolute atomic E-state index is 8.57. The van der Waals surface area contributed by atoms with Crippen molar-refractivity contribution in [2.75, 3.05) is 18.5 Å². The molecular weight excluding hydrogens is 228 g/mol. The lowest BCUT2D eigenvalue weighted by molar-refractivity contribution is 0.318. The lowest BCUT2D eigenvalue weighted by Gasteiger charge is -2.22. The van der Waals surface area contributed by atoms with E-state index in [2.05, 4.69) is 22.1 Å². The first kappa shape index (κ1) is 12.7. The molecule has 1 aliphatic rings. The molecule has 0 aliphatic heterocycles. The minimum atomic E-state index is 0.0417. The van der Waals surface area contributed by atoms with E-state index in [1.165, 1.54) is 25.7 Å². The molecule has 0 spiro atoms. The third-order valence-corrected chi connectivity index (χ3v) is 3.57. The van der Waals surface area contributed by atoms with E-state index in [1.54, 1.807) is 12.3 Å². The highest BCUT2D eigenvalue weighted by Gasteiger charge is 2.17. The Labute approximate surface area is 107 Å². The molecule has 0 bridgehead atoms. The monoisotopic (exact) mass is 248 g/mol. The van der Waals surface area contributed by atoms with Crippen molar-refractivity contribution >= 4 is 11.5 Å². The molecule has 98 valence electrons. The van der Waals surface area contributed by atoms with E-state index in [0.717, 1.165) is 18.2 Å². The van der Waals surface area contributed by atoms with Crippen LogP contribution in [0.5, 0.6) is 0 Å². The fourth-order valence-corrected chi connectivity index (χ4v) is 2.50. The second-order valence-corrected chi connectivity index (χ2v) is 4.92. The summed E-state index contributed by atoms with van der Waals surface area (Å²) in [4.78, 5) is 6.41. The molecule has 18 heavy (non-hydrogen) atoms. The molecule has 1 saturated carbocycles. The van der Waals surface area contributed by atoms with Gasteiger partial charge in [0, 0.05) is 13.6 Å². The van der Waals surface area contributed by atoms with E-state index < -0.39 is 0 Å². The maximum Gasteiger partial charge on any atom is 0.188 e. The van der Waals surface area contributed by atoms with Crippen LogP contribution >= 0.6 is 0 Å². The van der Waals surface area contributed by atoms with Gasteiger partial charge in [-0.1, -0.05) is 18.0 Å². The first-order valence-corrected chi connectivity index (χ1v) is 6.36. The number of hydrogen-bond donors (Lipinski definition) is 2. The van der Waals surface area contributed by atoms with Gasteiger partial charge in [-0.05, 0) is 30.9 Å². The zero-order chi connectivity index (χ0) is 13.0. The van der Waals surface area contributed by atoms with Crippen LogP contribution < -0.4 is 10.6 Å². The molecule has 0 atom stereocenters. The van der Waals surface area contributed by atoms with E-state index in [9.17, 15) is 0 Å². The quantitative estimate of drug-likeness (QED) is 0.369. The van der Waals surface area contributed by atoms with Gasteiger partial charge in [-0.15, -0.1) is 0 Å². The second-order valence-electron chi connectivity index (χ2n) is 4.92. The average Bonchev–Trinajstić information content (AvgIpc) is 2.91. The molecule has 1 aromatic heterocycles. The maximum atomic E-state index is 8.57. The first-order chi connectivity index (χ1) is 8.70. The van der Waals surface area contributed by atoms with Gasteiger partial charge in [0.05, 0.1) is 11.9 Å². The van der Waals surface area contributed by atoms with Crippen molar-refractivity contribution in [1.29, 1.82) is 0 Å². The third-order valence-electron chi connectivity index (χ3n) is 3.57. The number of nitrogens with zero attached hydrogens (tertiary/aromatic N) is 3. The fourth-order valence-electron chi connectivity index (χ4n) is 2.50. The molecule has 0 radical (unpaired) electrons. The summed E-state index contributed by atoms with van der Waals surface area (Å²) < 4.78 is 0. The van der Waals surface area contributed by atoms with Crippen LogP contribution in [0, 0.1) is 5.92 Å². The summed E-state index contributed by atoms with van der Waals surface area (Å²) in [6, 6.07) is 3.73. The molecule has 1 fully saturated rings. The molecule has 2 rings (SSSR count). The van der Waals surface area contributed by atoms with Crippen LogP contribution in [0.3, 0.4) is 0 Å². The molecule has 3 N–H and O–H groups in total. The van der Waals surface area contributed by atoms with Gasteiger partial charge >= 0.3 is 0 Å². The standard InChI is InChI=1S/C13H20N4O/c1-17(9-10-4-2-3-5-10)11-6-7-12(15-8-11)13(14)16-18/h6-8,10,18H,2-5,9H2,1H3,(H2,14,16). The van der Waals surface area contributed by atoms with Crippen molar-refractivity contribution < 1.29 is 5.21 Å². The number of rotatable bonds is 4.